The second-order valence-corrected chi connectivity index (χ2v) is 8.67. The van der Waals surface area contributed by atoms with Crippen LogP contribution in [-0.4, -0.2) is 21.1 Å². The van der Waals surface area contributed by atoms with Gasteiger partial charge in [0.15, 0.2) is 16.7 Å². The Labute approximate surface area is 185 Å². The normalized spacial score (nSPS) is 12.1. The topological polar surface area (TPSA) is 84.1 Å². The van der Waals surface area contributed by atoms with Gasteiger partial charge in [-0.3, -0.25) is 4.79 Å². The zero-order chi connectivity index (χ0) is 20.2. The van der Waals surface area contributed by atoms with Gasteiger partial charge in [0.05, 0.1) is 17.8 Å². The Kier molecular flexibility index (Phi) is 6.10. The number of anilines is 1. The molecule has 1 atom stereocenters. The third-order valence-electron chi connectivity index (χ3n) is 4.23. The van der Waals surface area contributed by atoms with Crippen LogP contribution < -0.4 is 5.32 Å². The second kappa shape index (κ2) is 8.91. The van der Waals surface area contributed by atoms with Crippen molar-refractivity contribution in [1.29, 1.82) is 0 Å². The van der Waals surface area contributed by atoms with Crippen LogP contribution in [0.1, 0.15) is 13.3 Å². The predicted octanol–water partition coefficient (Wildman–Crippen LogP) is 6.04. The molecule has 1 aromatic carbocycles. The SMILES string of the molecule is CCC(Sc1nc(-c2ccco2)c(-c2ccco2)[nH]1)C(=O)Nc1ccc(I)cc1. The maximum Gasteiger partial charge on any atom is 0.237 e. The summed E-state index contributed by atoms with van der Waals surface area (Å²) in [5.41, 5.74) is 2.15. The van der Waals surface area contributed by atoms with Gasteiger partial charge in [-0.2, -0.15) is 0 Å². The minimum Gasteiger partial charge on any atom is -0.463 e. The van der Waals surface area contributed by atoms with E-state index in [1.54, 1.807) is 12.5 Å². The number of nitrogens with one attached hydrogen (secondary N) is 2. The molecule has 0 saturated heterocycles. The van der Waals surface area contributed by atoms with Crippen LogP contribution in [0.25, 0.3) is 22.9 Å². The number of nitrogens with zero attached hydrogens (tertiary/aromatic N) is 1. The van der Waals surface area contributed by atoms with Gasteiger partial charge in [0, 0.05) is 9.26 Å². The van der Waals surface area contributed by atoms with Crippen molar-refractivity contribution in [3.8, 4) is 22.9 Å². The van der Waals surface area contributed by atoms with Crippen LogP contribution in [0.4, 0.5) is 5.69 Å². The summed E-state index contributed by atoms with van der Waals surface area (Å²) in [5.74, 6) is 1.23. The Hall–Kier alpha value is -2.46. The first-order chi connectivity index (χ1) is 14.1. The van der Waals surface area contributed by atoms with Crippen molar-refractivity contribution in [2.75, 3.05) is 5.32 Å². The van der Waals surface area contributed by atoms with Gasteiger partial charge in [0.1, 0.15) is 11.4 Å². The molecule has 1 amide bonds. The number of rotatable bonds is 7. The van der Waals surface area contributed by atoms with E-state index in [2.05, 4.69) is 37.9 Å². The quantitative estimate of drug-likeness (QED) is 0.230. The van der Waals surface area contributed by atoms with E-state index in [0.717, 1.165) is 15.0 Å². The molecule has 2 N–H and O–H groups in total. The lowest BCUT2D eigenvalue weighted by Gasteiger charge is -2.13. The smallest absolute Gasteiger partial charge is 0.237 e. The number of aromatic nitrogens is 2. The summed E-state index contributed by atoms with van der Waals surface area (Å²) >= 11 is 3.62. The first-order valence-electron chi connectivity index (χ1n) is 9.05. The van der Waals surface area contributed by atoms with Crippen molar-refractivity contribution >= 4 is 45.9 Å². The second-order valence-electron chi connectivity index (χ2n) is 6.23. The van der Waals surface area contributed by atoms with Crippen LogP contribution in [0.3, 0.4) is 0 Å². The fourth-order valence-electron chi connectivity index (χ4n) is 2.81. The van der Waals surface area contributed by atoms with Gasteiger partial charge in [-0.1, -0.05) is 18.7 Å². The third-order valence-corrected chi connectivity index (χ3v) is 6.20. The summed E-state index contributed by atoms with van der Waals surface area (Å²) < 4.78 is 12.2. The summed E-state index contributed by atoms with van der Waals surface area (Å²) in [5, 5.41) is 3.31. The molecular formula is C21H18IN3O3S. The van der Waals surface area contributed by atoms with E-state index < -0.39 is 0 Å². The van der Waals surface area contributed by atoms with Crippen LogP contribution in [0.2, 0.25) is 0 Å². The monoisotopic (exact) mass is 519 g/mol. The number of carbonyl (C=O) groups is 1. The van der Waals surface area contributed by atoms with Gasteiger partial charge in [-0.25, -0.2) is 4.98 Å². The Morgan fingerprint density at radius 3 is 2.45 bits per heavy atom. The molecule has 3 aromatic heterocycles. The van der Waals surface area contributed by atoms with E-state index >= 15 is 0 Å². The third kappa shape index (κ3) is 4.59. The Bertz CT molecular complexity index is 1020. The van der Waals surface area contributed by atoms with E-state index in [1.807, 2.05) is 55.5 Å². The van der Waals surface area contributed by atoms with E-state index in [4.69, 9.17) is 8.83 Å². The first kappa shape index (κ1) is 19.8. The summed E-state index contributed by atoms with van der Waals surface area (Å²) in [7, 11) is 0. The molecule has 4 aromatic rings. The number of hydrogen-bond donors (Lipinski definition) is 2. The molecule has 0 bridgehead atoms. The number of halogens is 1. The molecule has 8 heteroatoms. The number of hydrogen-bond acceptors (Lipinski definition) is 5. The highest BCUT2D eigenvalue weighted by molar-refractivity contribution is 14.1. The lowest BCUT2D eigenvalue weighted by molar-refractivity contribution is -0.115. The van der Waals surface area contributed by atoms with Crippen molar-refractivity contribution in [3.05, 3.63) is 64.6 Å². The number of carbonyl (C=O) groups excluding carboxylic acids is 1. The standard InChI is InChI=1S/C21H18IN3O3S/c1-2-17(20(26)23-14-9-7-13(22)8-10-14)29-21-24-18(15-5-3-11-27-15)19(25-21)16-6-4-12-28-16/h3-12,17H,2H2,1H3,(H,23,26)(H,24,25). The first-order valence-corrected chi connectivity index (χ1v) is 11.0. The predicted molar refractivity (Wildman–Crippen MR) is 122 cm³/mol. The number of furan rings is 2. The molecule has 0 aliphatic rings. The molecular weight excluding hydrogens is 501 g/mol. The van der Waals surface area contributed by atoms with Crippen LogP contribution in [0.5, 0.6) is 0 Å². The van der Waals surface area contributed by atoms with Gasteiger partial charge in [0.2, 0.25) is 5.91 Å². The largest absolute Gasteiger partial charge is 0.463 e. The molecule has 3 heterocycles. The summed E-state index contributed by atoms with van der Waals surface area (Å²) in [6.45, 7) is 1.98. The molecule has 0 aliphatic carbocycles. The van der Waals surface area contributed by atoms with E-state index in [0.29, 0.717) is 28.8 Å². The molecule has 29 heavy (non-hydrogen) atoms. The minimum atomic E-state index is -0.297. The highest BCUT2D eigenvalue weighted by Crippen LogP contribution is 2.35. The average molecular weight is 519 g/mol. The van der Waals surface area contributed by atoms with Crippen molar-refractivity contribution in [1.82, 2.24) is 9.97 Å². The number of H-pyrrole nitrogens is 1. The zero-order valence-electron chi connectivity index (χ0n) is 15.5. The number of benzene rings is 1. The maximum atomic E-state index is 12.8. The average Bonchev–Trinajstić information content (AvgIpc) is 3.47. The molecule has 0 radical (unpaired) electrons. The van der Waals surface area contributed by atoms with Crippen molar-refractivity contribution in [2.24, 2.45) is 0 Å². The van der Waals surface area contributed by atoms with Gasteiger partial charge in [-0.05, 0) is 77.5 Å². The lowest BCUT2D eigenvalue weighted by atomic mass is 10.2. The highest BCUT2D eigenvalue weighted by Gasteiger charge is 2.23. The zero-order valence-corrected chi connectivity index (χ0v) is 18.5. The Morgan fingerprint density at radius 1 is 1.14 bits per heavy atom. The number of imidazole rings is 1. The van der Waals surface area contributed by atoms with Crippen LogP contribution >= 0.6 is 34.4 Å². The molecule has 0 spiro atoms. The molecule has 0 aliphatic heterocycles. The van der Waals surface area contributed by atoms with Gasteiger partial charge in [-0.15, -0.1) is 0 Å². The minimum absolute atomic E-state index is 0.0609. The van der Waals surface area contributed by atoms with Crippen molar-refractivity contribution < 1.29 is 13.6 Å². The Balaban J connectivity index is 1.56. The lowest BCUT2D eigenvalue weighted by Crippen LogP contribution is -2.24. The molecule has 4 rings (SSSR count). The van der Waals surface area contributed by atoms with Crippen LogP contribution in [0.15, 0.2) is 75.0 Å². The summed E-state index contributed by atoms with van der Waals surface area (Å²) in [4.78, 5) is 20.7. The van der Waals surface area contributed by atoms with Gasteiger partial charge in [0.25, 0.3) is 0 Å². The summed E-state index contributed by atoms with van der Waals surface area (Å²) in [6, 6.07) is 15.0. The molecule has 6 nitrogen and oxygen atoms in total. The van der Waals surface area contributed by atoms with Gasteiger partial charge < -0.3 is 19.1 Å². The van der Waals surface area contributed by atoms with Gasteiger partial charge >= 0.3 is 0 Å². The number of thioether (sulfide) groups is 1. The van der Waals surface area contributed by atoms with E-state index in [-0.39, 0.29) is 11.2 Å². The maximum absolute atomic E-state index is 12.8. The fourth-order valence-corrected chi connectivity index (χ4v) is 4.08. The van der Waals surface area contributed by atoms with Crippen LogP contribution in [0, 0.1) is 3.57 Å². The fraction of sp³-hybridized carbons (Fsp3) is 0.143. The number of amides is 1. The van der Waals surface area contributed by atoms with Crippen LogP contribution in [-0.2, 0) is 4.79 Å². The molecule has 1 unspecified atom stereocenters. The van der Waals surface area contributed by atoms with E-state index in [1.165, 1.54) is 11.8 Å². The van der Waals surface area contributed by atoms with E-state index in [9.17, 15) is 4.79 Å². The van der Waals surface area contributed by atoms with Crippen molar-refractivity contribution in [2.45, 2.75) is 23.8 Å². The summed E-state index contributed by atoms with van der Waals surface area (Å²) in [6.07, 6.45) is 3.87. The number of aromatic amines is 1. The Morgan fingerprint density at radius 2 is 1.83 bits per heavy atom. The molecule has 148 valence electrons. The van der Waals surface area contributed by atoms with Crippen molar-refractivity contribution in [3.63, 3.8) is 0 Å². The highest BCUT2D eigenvalue weighted by atomic mass is 127. The molecule has 0 saturated carbocycles. The molecule has 0 fully saturated rings.